The molecule has 3 rings (SSSR count). The van der Waals surface area contributed by atoms with E-state index in [2.05, 4.69) is 32.9 Å². The lowest BCUT2D eigenvalue weighted by atomic mass is 10.1. The molecule has 0 atom stereocenters. The van der Waals surface area contributed by atoms with Crippen molar-refractivity contribution in [1.29, 1.82) is 0 Å². The van der Waals surface area contributed by atoms with Gasteiger partial charge in [0.2, 0.25) is 0 Å². The van der Waals surface area contributed by atoms with Gasteiger partial charge in [-0.3, -0.25) is 0 Å². The molecule has 2 aromatic heterocycles. The van der Waals surface area contributed by atoms with E-state index in [-0.39, 0.29) is 5.82 Å². The molecule has 1 aromatic carbocycles. The van der Waals surface area contributed by atoms with E-state index in [1.807, 2.05) is 6.20 Å². The largest absolute Gasteiger partial charge is 0.445 e. The second kappa shape index (κ2) is 5.96. The number of aryl methyl sites for hydroxylation is 1. The Balaban J connectivity index is 1.99. The minimum atomic E-state index is -0.297. The van der Waals surface area contributed by atoms with Gasteiger partial charge in [-0.25, -0.2) is 14.1 Å². The van der Waals surface area contributed by atoms with Crippen molar-refractivity contribution in [2.24, 2.45) is 0 Å². The maximum atomic E-state index is 13.3. The highest BCUT2D eigenvalue weighted by Crippen LogP contribution is 2.32. The van der Waals surface area contributed by atoms with Crippen molar-refractivity contribution in [2.75, 3.05) is 0 Å². The quantitative estimate of drug-likeness (QED) is 0.654. The highest BCUT2D eigenvalue weighted by molar-refractivity contribution is 9.10. The van der Waals surface area contributed by atoms with Crippen LogP contribution in [0.25, 0.3) is 11.3 Å². The molecule has 0 aliphatic rings. The first-order valence-corrected chi connectivity index (χ1v) is 7.58. The number of hydrogen-bond donors (Lipinski definition) is 0. The number of halogens is 2. The normalized spacial score (nSPS) is 11.0. The predicted octanol–water partition coefficient (Wildman–Crippen LogP) is 4.17. The van der Waals surface area contributed by atoms with Crippen LogP contribution in [0.4, 0.5) is 4.39 Å². The molecule has 0 saturated heterocycles. The van der Waals surface area contributed by atoms with E-state index in [4.69, 9.17) is 4.42 Å². The van der Waals surface area contributed by atoms with E-state index in [9.17, 15) is 4.39 Å². The van der Waals surface area contributed by atoms with Crippen molar-refractivity contribution >= 4 is 15.9 Å². The first-order chi connectivity index (χ1) is 10.6. The fourth-order valence-electron chi connectivity index (χ4n) is 2.29. The van der Waals surface area contributed by atoms with Crippen molar-refractivity contribution < 1.29 is 8.81 Å². The number of benzene rings is 1. The number of aromatic nitrogens is 3. The molecule has 22 heavy (non-hydrogen) atoms. The van der Waals surface area contributed by atoms with E-state index in [1.54, 1.807) is 23.9 Å². The van der Waals surface area contributed by atoms with Crippen LogP contribution in [-0.2, 0) is 13.0 Å². The fraction of sp³-hybridized carbons (Fsp3) is 0.188. The molecule has 2 heterocycles. The van der Waals surface area contributed by atoms with Crippen molar-refractivity contribution in [1.82, 2.24) is 14.8 Å². The van der Waals surface area contributed by atoms with Gasteiger partial charge in [0.05, 0.1) is 13.1 Å². The van der Waals surface area contributed by atoms with Gasteiger partial charge < -0.3 is 4.42 Å². The molecule has 3 aromatic rings. The third kappa shape index (κ3) is 2.92. The van der Waals surface area contributed by atoms with Gasteiger partial charge in [-0.1, -0.05) is 0 Å². The zero-order valence-electron chi connectivity index (χ0n) is 12.0. The molecular formula is C16H14BrFN3O+. The summed E-state index contributed by atoms with van der Waals surface area (Å²) < 4.78 is 21.4. The molecule has 0 spiro atoms. The maximum Gasteiger partial charge on any atom is 0.191 e. The fourth-order valence-corrected chi connectivity index (χ4v) is 2.83. The van der Waals surface area contributed by atoms with Crippen LogP contribution in [0.1, 0.15) is 17.2 Å². The molecule has 4 nitrogen and oxygen atoms in total. The molecule has 6 heteroatoms. The maximum absolute atomic E-state index is 13.3. The molecule has 0 bridgehead atoms. The molecule has 0 radical (unpaired) electrons. The van der Waals surface area contributed by atoms with Gasteiger partial charge in [-0.2, -0.15) is 5.10 Å². The van der Waals surface area contributed by atoms with E-state index in [0.29, 0.717) is 29.0 Å². The zero-order chi connectivity index (χ0) is 15.7. The summed E-state index contributed by atoms with van der Waals surface area (Å²) in [5.41, 5.74) is 2.53. The second-order valence-electron chi connectivity index (χ2n) is 4.92. The summed E-state index contributed by atoms with van der Waals surface area (Å²) in [6, 6.07) is 4.53. The van der Waals surface area contributed by atoms with Gasteiger partial charge in [0.1, 0.15) is 17.3 Å². The van der Waals surface area contributed by atoms with Gasteiger partial charge in [0.25, 0.3) is 0 Å². The molecule has 0 aliphatic carbocycles. The summed E-state index contributed by atoms with van der Waals surface area (Å²) in [5.74, 6) is 1.01. The Hall–Kier alpha value is -2.08. The van der Waals surface area contributed by atoms with E-state index in [1.165, 1.54) is 12.1 Å². The summed E-state index contributed by atoms with van der Waals surface area (Å²) >= 11 is 3.38. The van der Waals surface area contributed by atoms with Crippen LogP contribution in [0.5, 0.6) is 0 Å². The van der Waals surface area contributed by atoms with Crippen LogP contribution >= 0.6 is 15.9 Å². The summed E-state index contributed by atoms with van der Waals surface area (Å²) in [5, 5.41) is 4.20. The summed E-state index contributed by atoms with van der Waals surface area (Å²) in [6.45, 7) is 6.16. The van der Waals surface area contributed by atoms with Gasteiger partial charge in [-0.05, 0) is 39.7 Å². The van der Waals surface area contributed by atoms with Crippen molar-refractivity contribution in [3.63, 3.8) is 0 Å². The minimum Gasteiger partial charge on any atom is -0.445 e. The SMILES string of the molecule is [CH2+]Cn1cc(Cc2oc(C)nc2-c2ccc(F)cc2Br)cn1. The topological polar surface area (TPSA) is 43.9 Å². The van der Waals surface area contributed by atoms with Crippen LogP contribution < -0.4 is 0 Å². The summed E-state index contributed by atoms with van der Waals surface area (Å²) in [6.07, 6.45) is 4.28. The van der Waals surface area contributed by atoms with Crippen LogP contribution in [-0.4, -0.2) is 14.8 Å². The molecule has 0 fully saturated rings. The Bertz CT molecular complexity index is 810. The van der Waals surface area contributed by atoms with Crippen molar-refractivity contribution in [3.05, 3.63) is 65.0 Å². The van der Waals surface area contributed by atoms with E-state index in [0.717, 1.165) is 16.9 Å². The molecular weight excluding hydrogens is 349 g/mol. The predicted molar refractivity (Wildman–Crippen MR) is 84.7 cm³/mol. The lowest BCUT2D eigenvalue weighted by Crippen LogP contribution is -1.93. The van der Waals surface area contributed by atoms with E-state index >= 15 is 0 Å². The Labute approximate surface area is 136 Å². The highest BCUT2D eigenvalue weighted by atomic mass is 79.9. The minimum absolute atomic E-state index is 0.297. The Morgan fingerprint density at radius 2 is 2.23 bits per heavy atom. The third-order valence-corrected chi connectivity index (χ3v) is 3.93. The Kier molecular flexibility index (Phi) is 4.02. The number of oxazole rings is 1. The molecule has 0 aliphatic heterocycles. The van der Waals surface area contributed by atoms with Crippen LogP contribution in [0, 0.1) is 19.7 Å². The first-order valence-electron chi connectivity index (χ1n) is 6.79. The molecule has 0 amide bonds. The smallest absolute Gasteiger partial charge is 0.191 e. The number of hydrogen-bond acceptors (Lipinski definition) is 3. The van der Waals surface area contributed by atoms with Crippen LogP contribution in [0.2, 0.25) is 0 Å². The van der Waals surface area contributed by atoms with Gasteiger partial charge >= 0.3 is 0 Å². The highest BCUT2D eigenvalue weighted by Gasteiger charge is 2.17. The lowest BCUT2D eigenvalue weighted by Gasteiger charge is -2.03. The molecule has 0 N–H and O–H groups in total. The monoisotopic (exact) mass is 362 g/mol. The Morgan fingerprint density at radius 1 is 1.41 bits per heavy atom. The van der Waals surface area contributed by atoms with Crippen molar-refractivity contribution in [3.8, 4) is 11.3 Å². The van der Waals surface area contributed by atoms with Crippen LogP contribution in [0.15, 0.2) is 39.5 Å². The van der Waals surface area contributed by atoms with Crippen LogP contribution in [0.3, 0.4) is 0 Å². The average molecular weight is 363 g/mol. The zero-order valence-corrected chi connectivity index (χ0v) is 13.6. The summed E-state index contributed by atoms with van der Waals surface area (Å²) in [4.78, 5) is 4.44. The number of rotatable bonds is 4. The van der Waals surface area contributed by atoms with Gasteiger partial charge in [0, 0.05) is 29.6 Å². The first kappa shape index (κ1) is 14.8. The summed E-state index contributed by atoms with van der Waals surface area (Å²) in [7, 11) is 0. The molecule has 0 saturated carbocycles. The van der Waals surface area contributed by atoms with Crippen molar-refractivity contribution in [2.45, 2.75) is 19.9 Å². The van der Waals surface area contributed by atoms with E-state index < -0.39 is 0 Å². The standard InChI is InChI=1S/C16H14BrFN3O/c1-3-21-9-11(8-19-21)6-15-16(20-10(2)22-15)13-5-4-12(18)7-14(13)17/h4-5,7-9H,1,3,6H2,2H3/q+1. The molecule has 0 unspecified atom stereocenters. The Morgan fingerprint density at radius 3 is 2.91 bits per heavy atom. The average Bonchev–Trinajstić information content (AvgIpc) is 3.06. The lowest BCUT2D eigenvalue weighted by molar-refractivity contribution is 0.484. The third-order valence-electron chi connectivity index (χ3n) is 3.27. The second-order valence-corrected chi connectivity index (χ2v) is 5.77. The molecule has 112 valence electrons. The van der Waals surface area contributed by atoms with Gasteiger partial charge in [0.15, 0.2) is 12.4 Å². The number of nitrogens with zero attached hydrogens (tertiary/aromatic N) is 3. The van der Waals surface area contributed by atoms with Gasteiger partial charge in [-0.15, -0.1) is 0 Å².